The number of nitro groups is 1. The maximum absolute atomic E-state index is 11.1. The number of aryl methyl sites for hydroxylation is 2. The molecule has 0 radical (unpaired) electrons. The standard InChI is InChI=1S/C12H20N4O2/c1-4-5-15-12(13-7-10-6-8(10)2)11(16(17)18)9(3)14-15/h8,10,13H,4-7H2,1-3H3. The van der Waals surface area contributed by atoms with E-state index >= 15 is 0 Å². The van der Waals surface area contributed by atoms with Crippen LogP contribution in [0.5, 0.6) is 0 Å². The van der Waals surface area contributed by atoms with E-state index in [2.05, 4.69) is 17.3 Å². The van der Waals surface area contributed by atoms with Crippen molar-refractivity contribution in [3.8, 4) is 0 Å². The average Bonchev–Trinajstić information content (AvgIpc) is 2.89. The van der Waals surface area contributed by atoms with Gasteiger partial charge in [0.1, 0.15) is 5.69 Å². The van der Waals surface area contributed by atoms with E-state index in [0.717, 1.165) is 18.9 Å². The number of nitrogens with zero attached hydrogens (tertiary/aromatic N) is 3. The second-order valence-corrected chi connectivity index (χ2v) is 5.12. The molecule has 2 unspecified atom stereocenters. The molecule has 1 N–H and O–H groups in total. The Kier molecular flexibility index (Phi) is 3.54. The van der Waals surface area contributed by atoms with Crippen LogP contribution < -0.4 is 5.32 Å². The SMILES string of the molecule is CCCn1nc(C)c([N+](=O)[O-])c1NCC1CC1C. The van der Waals surface area contributed by atoms with Crippen LogP contribution in [0, 0.1) is 28.9 Å². The van der Waals surface area contributed by atoms with Crippen LogP contribution in [0.1, 0.15) is 32.4 Å². The number of rotatable bonds is 6. The van der Waals surface area contributed by atoms with Crippen molar-refractivity contribution < 1.29 is 4.92 Å². The third-order valence-electron chi connectivity index (χ3n) is 3.52. The summed E-state index contributed by atoms with van der Waals surface area (Å²) in [5.74, 6) is 1.95. The van der Waals surface area contributed by atoms with E-state index in [1.54, 1.807) is 11.6 Å². The van der Waals surface area contributed by atoms with Crippen molar-refractivity contribution in [2.75, 3.05) is 11.9 Å². The number of aromatic nitrogens is 2. The van der Waals surface area contributed by atoms with Gasteiger partial charge in [-0.15, -0.1) is 0 Å². The zero-order valence-corrected chi connectivity index (χ0v) is 11.1. The monoisotopic (exact) mass is 252 g/mol. The van der Waals surface area contributed by atoms with Crippen LogP contribution in [0.15, 0.2) is 0 Å². The van der Waals surface area contributed by atoms with Gasteiger partial charge in [0.25, 0.3) is 0 Å². The van der Waals surface area contributed by atoms with Crippen molar-refractivity contribution in [1.82, 2.24) is 9.78 Å². The van der Waals surface area contributed by atoms with Gasteiger partial charge in [-0.05, 0) is 31.6 Å². The molecule has 6 nitrogen and oxygen atoms in total. The zero-order chi connectivity index (χ0) is 13.3. The summed E-state index contributed by atoms with van der Waals surface area (Å²) in [5.41, 5.74) is 0.608. The molecule has 2 atom stereocenters. The third-order valence-corrected chi connectivity index (χ3v) is 3.52. The van der Waals surface area contributed by atoms with Crippen LogP contribution in [0.3, 0.4) is 0 Å². The van der Waals surface area contributed by atoms with Crippen LogP contribution in [0.25, 0.3) is 0 Å². The number of hydrogen-bond acceptors (Lipinski definition) is 4. The first-order valence-corrected chi connectivity index (χ1v) is 6.50. The Bertz CT molecular complexity index is 455. The van der Waals surface area contributed by atoms with E-state index in [1.807, 2.05) is 6.92 Å². The lowest BCUT2D eigenvalue weighted by molar-refractivity contribution is -0.384. The molecule has 1 aliphatic carbocycles. The predicted molar refractivity (Wildman–Crippen MR) is 69.7 cm³/mol. The van der Waals surface area contributed by atoms with Gasteiger partial charge >= 0.3 is 5.69 Å². The normalized spacial score (nSPS) is 21.9. The van der Waals surface area contributed by atoms with Crippen molar-refractivity contribution in [1.29, 1.82) is 0 Å². The maximum atomic E-state index is 11.1. The molecule has 1 heterocycles. The van der Waals surface area contributed by atoms with Crippen LogP contribution in [-0.2, 0) is 6.54 Å². The van der Waals surface area contributed by atoms with Crippen molar-refractivity contribution in [2.24, 2.45) is 11.8 Å². The van der Waals surface area contributed by atoms with Gasteiger partial charge in [-0.3, -0.25) is 10.1 Å². The minimum Gasteiger partial charge on any atom is -0.364 e. The van der Waals surface area contributed by atoms with E-state index in [4.69, 9.17) is 0 Å². The van der Waals surface area contributed by atoms with Gasteiger partial charge in [-0.2, -0.15) is 5.10 Å². The van der Waals surface area contributed by atoms with Gasteiger partial charge in [0.05, 0.1) is 4.92 Å². The summed E-state index contributed by atoms with van der Waals surface area (Å²) in [4.78, 5) is 10.8. The molecular formula is C12H20N4O2. The fourth-order valence-electron chi connectivity index (χ4n) is 2.25. The van der Waals surface area contributed by atoms with E-state index in [0.29, 0.717) is 24.0 Å². The molecule has 1 aromatic rings. The lowest BCUT2D eigenvalue weighted by Crippen LogP contribution is -2.12. The van der Waals surface area contributed by atoms with Crippen molar-refractivity contribution in [3.05, 3.63) is 15.8 Å². The summed E-state index contributed by atoms with van der Waals surface area (Å²) in [6, 6.07) is 0. The largest absolute Gasteiger partial charge is 0.364 e. The lowest BCUT2D eigenvalue weighted by Gasteiger charge is -2.07. The summed E-state index contributed by atoms with van der Waals surface area (Å²) in [6.07, 6.45) is 2.12. The minimum atomic E-state index is -0.340. The summed E-state index contributed by atoms with van der Waals surface area (Å²) in [6.45, 7) is 7.44. The van der Waals surface area contributed by atoms with Gasteiger partial charge in [0.2, 0.25) is 5.82 Å². The zero-order valence-electron chi connectivity index (χ0n) is 11.1. The van der Waals surface area contributed by atoms with Crippen LogP contribution in [0.2, 0.25) is 0 Å². The molecule has 0 saturated heterocycles. The number of nitrogens with one attached hydrogen (secondary N) is 1. The van der Waals surface area contributed by atoms with Crippen molar-refractivity contribution in [2.45, 2.75) is 40.2 Å². The molecule has 100 valence electrons. The summed E-state index contributed by atoms with van der Waals surface area (Å²) < 4.78 is 1.72. The molecule has 0 spiro atoms. The quantitative estimate of drug-likeness (QED) is 0.623. The third kappa shape index (κ3) is 2.47. The highest BCUT2D eigenvalue weighted by Crippen LogP contribution is 2.38. The van der Waals surface area contributed by atoms with E-state index in [9.17, 15) is 10.1 Å². The second kappa shape index (κ2) is 4.96. The van der Waals surface area contributed by atoms with Gasteiger partial charge in [0.15, 0.2) is 0 Å². The smallest absolute Gasteiger partial charge is 0.333 e. The Morgan fingerprint density at radius 1 is 1.61 bits per heavy atom. The van der Waals surface area contributed by atoms with Crippen LogP contribution in [-0.4, -0.2) is 21.2 Å². The van der Waals surface area contributed by atoms with E-state index in [1.165, 1.54) is 6.42 Å². The fourth-order valence-corrected chi connectivity index (χ4v) is 2.25. The van der Waals surface area contributed by atoms with Crippen molar-refractivity contribution >= 4 is 11.5 Å². The van der Waals surface area contributed by atoms with Gasteiger partial charge in [0, 0.05) is 13.1 Å². The number of anilines is 1. The van der Waals surface area contributed by atoms with Crippen LogP contribution >= 0.6 is 0 Å². The fraction of sp³-hybridized carbons (Fsp3) is 0.750. The summed E-state index contributed by atoms with van der Waals surface area (Å²) >= 11 is 0. The maximum Gasteiger partial charge on any atom is 0.333 e. The molecule has 1 aliphatic rings. The van der Waals surface area contributed by atoms with E-state index < -0.39 is 0 Å². The Balaban J connectivity index is 2.19. The molecule has 1 fully saturated rings. The molecule has 0 bridgehead atoms. The first-order valence-electron chi connectivity index (χ1n) is 6.50. The van der Waals surface area contributed by atoms with E-state index in [-0.39, 0.29) is 10.6 Å². The number of hydrogen-bond donors (Lipinski definition) is 1. The topological polar surface area (TPSA) is 73.0 Å². The van der Waals surface area contributed by atoms with Crippen molar-refractivity contribution in [3.63, 3.8) is 0 Å². The molecule has 2 rings (SSSR count). The first kappa shape index (κ1) is 12.9. The Labute approximate surface area is 107 Å². The molecule has 0 aliphatic heterocycles. The average molecular weight is 252 g/mol. The summed E-state index contributed by atoms with van der Waals surface area (Å²) in [7, 11) is 0. The second-order valence-electron chi connectivity index (χ2n) is 5.12. The minimum absolute atomic E-state index is 0.122. The molecule has 18 heavy (non-hydrogen) atoms. The molecule has 6 heteroatoms. The molecule has 0 aromatic carbocycles. The lowest BCUT2D eigenvalue weighted by atomic mass is 10.3. The molecule has 1 saturated carbocycles. The van der Waals surface area contributed by atoms with Crippen LogP contribution in [0.4, 0.5) is 11.5 Å². The molecule has 1 aromatic heterocycles. The highest BCUT2D eigenvalue weighted by Gasteiger charge is 2.33. The van der Waals surface area contributed by atoms with Gasteiger partial charge in [-0.1, -0.05) is 13.8 Å². The Morgan fingerprint density at radius 2 is 2.28 bits per heavy atom. The Hall–Kier alpha value is -1.59. The predicted octanol–water partition coefficient (Wildman–Crippen LogP) is 2.58. The Morgan fingerprint density at radius 3 is 2.78 bits per heavy atom. The first-order chi connectivity index (χ1) is 8.54. The highest BCUT2D eigenvalue weighted by molar-refractivity contribution is 5.59. The molecular weight excluding hydrogens is 232 g/mol. The highest BCUT2D eigenvalue weighted by atomic mass is 16.6. The van der Waals surface area contributed by atoms with Gasteiger partial charge < -0.3 is 5.32 Å². The van der Waals surface area contributed by atoms with Gasteiger partial charge in [-0.25, -0.2) is 4.68 Å². The summed E-state index contributed by atoms with van der Waals surface area (Å²) in [5, 5.41) is 18.6. The molecule has 0 amide bonds.